The molecule has 0 aliphatic carbocycles. The van der Waals surface area contributed by atoms with E-state index in [0.717, 1.165) is 0 Å². The second-order valence-corrected chi connectivity index (χ2v) is 5.00. The van der Waals surface area contributed by atoms with Crippen molar-refractivity contribution in [1.29, 1.82) is 0 Å². The Hall–Kier alpha value is -1.20. The van der Waals surface area contributed by atoms with E-state index in [9.17, 15) is 8.78 Å². The van der Waals surface area contributed by atoms with Crippen LogP contribution in [0.4, 0.5) is 8.78 Å². The quantitative estimate of drug-likeness (QED) is 0.914. The Bertz CT molecular complexity index is 408. The maximum absolute atomic E-state index is 13.9. The molecule has 1 heterocycles. The van der Waals surface area contributed by atoms with Crippen molar-refractivity contribution in [3.05, 3.63) is 29.3 Å². The number of ether oxygens (including phenoxy) is 2. The van der Waals surface area contributed by atoms with Crippen LogP contribution in [0.3, 0.4) is 0 Å². The van der Waals surface area contributed by atoms with Crippen molar-refractivity contribution in [2.24, 2.45) is 5.73 Å². The lowest BCUT2D eigenvalue weighted by molar-refractivity contribution is 0.0223. The summed E-state index contributed by atoms with van der Waals surface area (Å²) in [7, 11) is 0. The smallest absolute Gasteiger partial charge is 0.191 e. The topological polar surface area (TPSA) is 44.5 Å². The number of benzene rings is 1. The monoisotopic (exact) mass is 271 g/mol. The highest BCUT2D eigenvalue weighted by atomic mass is 19.1. The highest BCUT2D eigenvalue weighted by Crippen LogP contribution is 2.26. The molecule has 1 aromatic rings. The summed E-state index contributed by atoms with van der Waals surface area (Å²) in [5, 5.41) is 0. The molecule has 1 aliphatic rings. The SMILES string of the molecule is CC(N)Cc1cc(F)c(OC2CCOCC2)c(F)c1. The highest BCUT2D eigenvalue weighted by molar-refractivity contribution is 5.32. The molecular formula is C14H19F2NO2. The van der Waals surface area contributed by atoms with Gasteiger partial charge in [-0.25, -0.2) is 8.78 Å². The van der Waals surface area contributed by atoms with Crippen molar-refractivity contribution < 1.29 is 18.3 Å². The second-order valence-electron chi connectivity index (χ2n) is 5.00. The van der Waals surface area contributed by atoms with Crippen molar-refractivity contribution in [3.63, 3.8) is 0 Å². The van der Waals surface area contributed by atoms with Gasteiger partial charge in [0.1, 0.15) is 6.10 Å². The predicted octanol–water partition coefficient (Wildman–Crippen LogP) is 2.41. The number of nitrogens with two attached hydrogens (primary N) is 1. The normalized spacial score (nSPS) is 18.3. The van der Waals surface area contributed by atoms with Gasteiger partial charge in [-0.05, 0) is 31.0 Å². The Kier molecular flexibility index (Phi) is 4.71. The molecule has 0 bridgehead atoms. The third-order valence-corrected chi connectivity index (χ3v) is 3.07. The van der Waals surface area contributed by atoms with E-state index in [0.29, 0.717) is 38.0 Å². The third kappa shape index (κ3) is 3.88. The lowest BCUT2D eigenvalue weighted by atomic mass is 10.1. The van der Waals surface area contributed by atoms with Gasteiger partial charge in [-0.1, -0.05) is 0 Å². The van der Waals surface area contributed by atoms with E-state index >= 15 is 0 Å². The van der Waals surface area contributed by atoms with Crippen molar-refractivity contribution in [2.45, 2.75) is 38.3 Å². The van der Waals surface area contributed by atoms with Crippen LogP contribution in [0.2, 0.25) is 0 Å². The maximum Gasteiger partial charge on any atom is 0.191 e. The minimum Gasteiger partial charge on any atom is -0.484 e. The summed E-state index contributed by atoms with van der Waals surface area (Å²) in [6, 6.07) is 2.45. The van der Waals surface area contributed by atoms with E-state index in [1.54, 1.807) is 6.92 Å². The van der Waals surface area contributed by atoms with Crippen molar-refractivity contribution in [1.82, 2.24) is 0 Å². The van der Waals surface area contributed by atoms with Crippen LogP contribution in [-0.2, 0) is 11.2 Å². The molecule has 0 amide bonds. The molecule has 1 unspecified atom stereocenters. The molecule has 2 N–H and O–H groups in total. The standard InChI is InChI=1S/C14H19F2NO2/c1-9(17)6-10-7-12(15)14(13(16)8-10)19-11-2-4-18-5-3-11/h7-9,11H,2-6,17H2,1H3. The van der Waals surface area contributed by atoms with Crippen LogP contribution in [0, 0.1) is 11.6 Å². The zero-order valence-electron chi connectivity index (χ0n) is 11.0. The Balaban J connectivity index is 2.11. The number of hydrogen-bond donors (Lipinski definition) is 1. The molecule has 5 heteroatoms. The van der Waals surface area contributed by atoms with E-state index < -0.39 is 11.6 Å². The molecular weight excluding hydrogens is 252 g/mol. The number of rotatable bonds is 4. The van der Waals surface area contributed by atoms with Gasteiger partial charge in [0.25, 0.3) is 0 Å². The van der Waals surface area contributed by atoms with Gasteiger partial charge in [0.2, 0.25) is 0 Å². The van der Waals surface area contributed by atoms with E-state index in [2.05, 4.69) is 0 Å². The first kappa shape index (κ1) is 14.2. The van der Waals surface area contributed by atoms with Crippen LogP contribution in [0.5, 0.6) is 5.75 Å². The zero-order valence-corrected chi connectivity index (χ0v) is 11.0. The van der Waals surface area contributed by atoms with E-state index in [1.165, 1.54) is 12.1 Å². The van der Waals surface area contributed by atoms with E-state index in [-0.39, 0.29) is 17.9 Å². The van der Waals surface area contributed by atoms with Gasteiger partial charge in [0.15, 0.2) is 17.4 Å². The molecule has 0 aromatic heterocycles. The van der Waals surface area contributed by atoms with E-state index in [1.807, 2.05) is 0 Å². The summed E-state index contributed by atoms with van der Waals surface area (Å²) in [6.45, 7) is 2.93. The van der Waals surface area contributed by atoms with Crippen LogP contribution in [-0.4, -0.2) is 25.4 Å². The maximum atomic E-state index is 13.9. The van der Waals surface area contributed by atoms with Gasteiger partial charge >= 0.3 is 0 Å². The lowest BCUT2D eigenvalue weighted by Gasteiger charge is -2.24. The van der Waals surface area contributed by atoms with E-state index in [4.69, 9.17) is 15.2 Å². The summed E-state index contributed by atoms with van der Waals surface area (Å²) in [6.07, 6.45) is 1.56. The average molecular weight is 271 g/mol. The molecule has 0 spiro atoms. The third-order valence-electron chi connectivity index (χ3n) is 3.07. The Labute approximate surface area is 111 Å². The molecule has 1 saturated heterocycles. The molecule has 1 fully saturated rings. The van der Waals surface area contributed by atoms with Crippen molar-refractivity contribution in [3.8, 4) is 5.75 Å². The average Bonchev–Trinajstić information content (AvgIpc) is 2.34. The Morgan fingerprint density at radius 2 is 1.89 bits per heavy atom. The van der Waals surface area contributed by atoms with Crippen LogP contribution in [0.1, 0.15) is 25.3 Å². The first-order chi connectivity index (χ1) is 9.06. The predicted molar refractivity (Wildman–Crippen MR) is 68.2 cm³/mol. The summed E-state index contributed by atoms with van der Waals surface area (Å²) in [5.41, 5.74) is 6.17. The van der Waals surface area contributed by atoms with Crippen LogP contribution >= 0.6 is 0 Å². The molecule has 1 aliphatic heterocycles. The summed E-state index contributed by atoms with van der Waals surface area (Å²) < 4.78 is 38.4. The second kappa shape index (κ2) is 6.30. The molecule has 3 nitrogen and oxygen atoms in total. The van der Waals surface area contributed by atoms with Crippen LogP contribution < -0.4 is 10.5 Å². The molecule has 19 heavy (non-hydrogen) atoms. The van der Waals surface area contributed by atoms with Gasteiger partial charge in [0.05, 0.1) is 13.2 Å². The fraction of sp³-hybridized carbons (Fsp3) is 0.571. The highest BCUT2D eigenvalue weighted by Gasteiger charge is 2.20. The summed E-state index contributed by atoms with van der Waals surface area (Å²) in [4.78, 5) is 0. The molecule has 1 atom stereocenters. The minimum absolute atomic E-state index is 0.138. The van der Waals surface area contributed by atoms with Gasteiger partial charge in [-0.2, -0.15) is 0 Å². The minimum atomic E-state index is -0.665. The first-order valence-corrected chi connectivity index (χ1v) is 6.54. The largest absolute Gasteiger partial charge is 0.484 e. The fourth-order valence-corrected chi connectivity index (χ4v) is 2.18. The fourth-order valence-electron chi connectivity index (χ4n) is 2.18. The Morgan fingerprint density at radius 3 is 2.42 bits per heavy atom. The van der Waals surface area contributed by atoms with Gasteiger partial charge in [-0.3, -0.25) is 0 Å². The first-order valence-electron chi connectivity index (χ1n) is 6.54. The number of hydrogen-bond acceptors (Lipinski definition) is 3. The van der Waals surface area contributed by atoms with Crippen molar-refractivity contribution >= 4 is 0 Å². The van der Waals surface area contributed by atoms with Crippen LogP contribution in [0.25, 0.3) is 0 Å². The molecule has 0 saturated carbocycles. The van der Waals surface area contributed by atoms with Gasteiger partial charge < -0.3 is 15.2 Å². The number of halogens is 2. The van der Waals surface area contributed by atoms with Crippen LogP contribution in [0.15, 0.2) is 12.1 Å². The van der Waals surface area contributed by atoms with Gasteiger partial charge in [0, 0.05) is 18.9 Å². The molecule has 0 radical (unpaired) electrons. The summed E-state index contributed by atoms with van der Waals surface area (Å²) >= 11 is 0. The summed E-state index contributed by atoms with van der Waals surface area (Å²) in [5.74, 6) is -1.62. The Morgan fingerprint density at radius 1 is 1.32 bits per heavy atom. The molecule has 106 valence electrons. The lowest BCUT2D eigenvalue weighted by Crippen LogP contribution is -2.26. The molecule has 2 rings (SSSR count). The van der Waals surface area contributed by atoms with Gasteiger partial charge in [-0.15, -0.1) is 0 Å². The molecule has 1 aromatic carbocycles. The zero-order chi connectivity index (χ0) is 13.8. The van der Waals surface area contributed by atoms with Crippen molar-refractivity contribution in [2.75, 3.05) is 13.2 Å².